The van der Waals surface area contributed by atoms with Crippen LogP contribution in [-0.2, 0) is 9.53 Å². The van der Waals surface area contributed by atoms with Crippen molar-refractivity contribution < 1.29 is 14.3 Å². The van der Waals surface area contributed by atoms with Gasteiger partial charge in [0, 0.05) is 17.3 Å². The molecule has 0 bridgehead atoms. The molecule has 118 valence electrons. The number of aromatic amines is 1. The molecule has 0 aromatic carbocycles. The number of nitrogens with zero attached hydrogens (tertiary/aromatic N) is 2. The minimum atomic E-state index is -0.677. The largest absolute Gasteiger partial charge is 0.467 e. The zero-order valence-electron chi connectivity index (χ0n) is 13.1. The average molecular weight is 304 g/mol. The monoisotopic (exact) mass is 304 g/mol. The number of nitrogens with one attached hydrogen (secondary N) is 2. The molecule has 2 aromatic rings. The van der Waals surface area contributed by atoms with E-state index in [1.165, 1.54) is 13.3 Å². The molecule has 2 aromatic heterocycles. The fraction of sp³-hybridized carbons (Fsp3) is 0.467. The Morgan fingerprint density at radius 2 is 2.18 bits per heavy atom. The van der Waals surface area contributed by atoms with E-state index in [0.29, 0.717) is 11.2 Å². The van der Waals surface area contributed by atoms with Crippen molar-refractivity contribution >= 4 is 22.9 Å². The fourth-order valence-corrected chi connectivity index (χ4v) is 2.16. The second kappa shape index (κ2) is 6.55. The van der Waals surface area contributed by atoms with E-state index in [1.54, 1.807) is 6.07 Å². The zero-order chi connectivity index (χ0) is 16.3. The molecular formula is C15H20N4O3. The third kappa shape index (κ3) is 3.08. The zero-order valence-corrected chi connectivity index (χ0v) is 13.1. The van der Waals surface area contributed by atoms with Crippen LogP contribution in [0.5, 0.6) is 0 Å². The second-order valence-electron chi connectivity index (χ2n) is 5.30. The lowest BCUT2D eigenvalue weighted by Gasteiger charge is -2.21. The number of aromatic nitrogens is 3. The van der Waals surface area contributed by atoms with Crippen molar-refractivity contribution in [2.24, 2.45) is 5.92 Å². The lowest BCUT2D eigenvalue weighted by Crippen LogP contribution is -2.45. The molecule has 2 N–H and O–H groups in total. The van der Waals surface area contributed by atoms with E-state index in [-0.39, 0.29) is 11.8 Å². The highest BCUT2D eigenvalue weighted by Crippen LogP contribution is 2.15. The number of hydrogen-bond donors (Lipinski definition) is 2. The number of carbonyl (C=O) groups is 2. The van der Waals surface area contributed by atoms with Gasteiger partial charge in [0.15, 0.2) is 5.65 Å². The Bertz CT molecular complexity index is 695. The fourth-order valence-electron chi connectivity index (χ4n) is 2.16. The van der Waals surface area contributed by atoms with Gasteiger partial charge in [0.05, 0.1) is 12.7 Å². The van der Waals surface area contributed by atoms with Crippen LogP contribution in [0.15, 0.2) is 12.3 Å². The van der Waals surface area contributed by atoms with Gasteiger partial charge in [0.25, 0.3) is 5.91 Å². The van der Waals surface area contributed by atoms with Crippen LogP contribution >= 0.6 is 0 Å². The summed E-state index contributed by atoms with van der Waals surface area (Å²) in [5, 5.41) is 10.4. The molecule has 0 saturated carbocycles. The Morgan fingerprint density at radius 1 is 1.45 bits per heavy atom. The number of rotatable bonds is 5. The molecule has 0 spiro atoms. The molecule has 0 radical (unpaired) electrons. The summed E-state index contributed by atoms with van der Waals surface area (Å²) in [7, 11) is 1.31. The summed E-state index contributed by atoms with van der Waals surface area (Å²) in [6.45, 7) is 5.70. The van der Waals surface area contributed by atoms with Crippen LogP contribution in [0.4, 0.5) is 0 Å². The van der Waals surface area contributed by atoms with Crippen molar-refractivity contribution in [3.63, 3.8) is 0 Å². The Labute approximate surface area is 128 Å². The first-order valence-electron chi connectivity index (χ1n) is 7.17. The average Bonchev–Trinajstić information content (AvgIpc) is 2.91. The van der Waals surface area contributed by atoms with Gasteiger partial charge in [-0.05, 0) is 18.9 Å². The van der Waals surface area contributed by atoms with Gasteiger partial charge in [-0.25, -0.2) is 9.78 Å². The predicted molar refractivity (Wildman–Crippen MR) is 81.4 cm³/mol. The molecule has 7 nitrogen and oxygen atoms in total. The molecule has 0 aliphatic rings. The topological polar surface area (TPSA) is 97.0 Å². The van der Waals surface area contributed by atoms with Crippen LogP contribution in [0.3, 0.4) is 0 Å². The van der Waals surface area contributed by atoms with Gasteiger partial charge < -0.3 is 10.1 Å². The molecule has 0 aliphatic carbocycles. The maximum Gasteiger partial charge on any atom is 0.328 e. The number of aryl methyl sites for hydroxylation is 1. The predicted octanol–water partition coefficient (Wildman–Crippen LogP) is 1.58. The summed E-state index contributed by atoms with van der Waals surface area (Å²) < 4.78 is 4.76. The van der Waals surface area contributed by atoms with E-state index < -0.39 is 12.0 Å². The van der Waals surface area contributed by atoms with Gasteiger partial charge in [-0.1, -0.05) is 20.3 Å². The van der Waals surface area contributed by atoms with E-state index in [9.17, 15) is 9.59 Å². The summed E-state index contributed by atoms with van der Waals surface area (Å²) >= 11 is 0. The van der Waals surface area contributed by atoms with Crippen molar-refractivity contribution in [1.29, 1.82) is 0 Å². The molecule has 7 heteroatoms. The molecule has 2 atom stereocenters. The molecular weight excluding hydrogens is 284 g/mol. The van der Waals surface area contributed by atoms with E-state index in [2.05, 4.69) is 20.5 Å². The summed E-state index contributed by atoms with van der Waals surface area (Å²) in [5.41, 5.74) is 1.78. The highest BCUT2D eigenvalue weighted by molar-refractivity contribution is 5.99. The third-order valence-corrected chi connectivity index (χ3v) is 3.82. The number of carbonyl (C=O) groups excluding carboxylic acids is 2. The molecule has 1 amide bonds. The molecule has 0 aliphatic heterocycles. The summed E-state index contributed by atoms with van der Waals surface area (Å²) in [6.07, 6.45) is 2.20. The number of methoxy groups -OCH3 is 1. The number of hydrogen-bond acceptors (Lipinski definition) is 5. The summed E-state index contributed by atoms with van der Waals surface area (Å²) in [5.74, 6) is -0.828. The quantitative estimate of drug-likeness (QED) is 0.817. The minimum Gasteiger partial charge on any atom is -0.467 e. The van der Waals surface area contributed by atoms with Crippen LogP contribution in [-0.4, -0.2) is 40.2 Å². The van der Waals surface area contributed by atoms with Gasteiger partial charge >= 0.3 is 5.97 Å². The van der Waals surface area contributed by atoms with Gasteiger partial charge in [-0.15, -0.1) is 0 Å². The van der Waals surface area contributed by atoms with Crippen molar-refractivity contribution in [3.8, 4) is 0 Å². The normalized spacial score (nSPS) is 13.6. The lowest BCUT2D eigenvalue weighted by atomic mass is 9.99. The summed E-state index contributed by atoms with van der Waals surface area (Å²) in [4.78, 5) is 28.4. The Hall–Kier alpha value is -2.44. The number of ether oxygens (including phenoxy) is 1. The Morgan fingerprint density at radius 3 is 2.82 bits per heavy atom. The molecule has 2 rings (SSSR count). The smallest absolute Gasteiger partial charge is 0.328 e. The number of H-pyrrole nitrogens is 1. The Kier molecular flexibility index (Phi) is 4.75. The number of amides is 1. The van der Waals surface area contributed by atoms with Crippen LogP contribution in [0.25, 0.3) is 11.0 Å². The van der Waals surface area contributed by atoms with Crippen LogP contribution in [0.2, 0.25) is 0 Å². The van der Waals surface area contributed by atoms with Gasteiger partial charge in [-0.3, -0.25) is 9.89 Å². The molecule has 22 heavy (non-hydrogen) atoms. The van der Waals surface area contributed by atoms with Gasteiger partial charge in [0.1, 0.15) is 6.04 Å². The molecule has 0 unspecified atom stereocenters. The lowest BCUT2D eigenvalue weighted by molar-refractivity contribution is -0.144. The maximum absolute atomic E-state index is 12.4. The van der Waals surface area contributed by atoms with Crippen molar-refractivity contribution in [3.05, 3.63) is 23.5 Å². The number of pyridine rings is 1. The Balaban J connectivity index is 2.24. The molecule has 0 saturated heterocycles. The van der Waals surface area contributed by atoms with E-state index in [0.717, 1.165) is 17.5 Å². The van der Waals surface area contributed by atoms with Crippen molar-refractivity contribution in [1.82, 2.24) is 20.5 Å². The van der Waals surface area contributed by atoms with Gasteiger partial charge in [-0.2, -0.15) is 5.10 Å². The SMILES string of the molecule is CC[C@@H](C)[C@H](NC(=O)c1cnc2n[nH]c(C)c2c1)C(=O)OC. The van der Waals surface area contributed by atoms with Crippen LogP contribution < -0.4 is 5.32 Å². The van der Waals surface area contributed by atoms with E-state index in [1.807, 2.05) is 20.8 Å². The highest BCUT2D eigenvalue weighted by Gasteiger charge is 2.27. The van der Waals surface area contributed by atoms with Crippen molar-refractivity contribution in [2.45, 2.75) is 33.2 Å². The summed E-state index contributed by atoms with van der Waals surface area (Å²) in [6, 6.07) is 1.03. The molecule has 2 heterocycles. The first-order chi connectivity index (χ1) is 10.5. The van der Waals surface area contributed by atoms with E-state index >= 15 is 0 Å². The van der Waals surface area contributed by atoms with Crippen LogP contribution in [0.1, 0.15) is 36.3 Å². The number of fused-ring (bicyclic) bond motifs is 1. The highest BCUT2D eigenvalue weighted by atomic mass is 16.5. The third-order valence-electron chi connectivity index (χ3n) is 3.82. The molecule has 0 fully saturated rings. The van der Waals surface area contributed by atoms with Crippen LogP contribution in [0, 0.1) is 12.8 Å². The van der Waals surface area contributed by atoms with Gasteiger partial charge in [0.2, 0.25) is 0 Å². The standard InChI is InChI=1S/C15H20N4O3/c1-5-8(2)12(15(21)22-4)17-14(20)10-6-11-9(3)18-19-13(11)16-7-10/h6-8,12H,5H2,1-4H3,(H,17,20)(H,16,18,19)/t8-,12+/m1/s1. The minimum absolute atomic E-state index is 0.0243. The van der Waals surface area contributed by atoms with E-state index in [4.69, 9.17) is 4.74 Å². The van der Waals surface area contributed by atoms with Crippen molar-refractivity contribution in [2.75, 3.05) is 7.11 Å². The first-order valence-corrected chi connectivity index (χ1v) is 7.17. The second-order valence-corrected chi connectivity index (χ2v) is 5.30. The maximum atomic E-state index is 12.4. The number of esters is 1. The first kappa shape index (κ1) is 15.9.